The minimum atomic E-state index is -2.67. The van der Waals surface area contributed by atoms with Crippen LogP contribution in [-0.2, 0) is 31.3 Å². The van der Waals surface area contributed by atoms with Crippen molar-refractivity contribution < 1.29 is 31.3 Å². The Hall–Kier alpha value is 0.371. The van der Waals surface area contributed by atoms with Crippen molar-refractivity contribution in [1.29, 1.82) is 0 Å². The highest BCUT2D eigenvalue weighted by Crippen LogP contribution is 2.34. The number of rotatable bonds is 24. The molecule has 0 aliphatic carbocycles. The fraction of sp³-hybridized carbons (Fsp3) is 1.00. The molecular formula is C23H54O7Si3. The van der Waals surface area contributed by atoms with Crippen molar-refractivity contribution in [2.24, 2.45) is 0 Å². The smallest absolute Gasteiger partial charge is 0.331 e. The van der Waals surface area contributed by atoms with E-state index in [0.29, 0.717) is 19.8 Å². The Kier molecular flexibility index (Phi) is 19.8. The molecule has 0 rings (SSSR count). The number of hydrogen-bond acceptors (Lipinski definition) is 7. The summed E-state index contributed by atoms with van der Waals surface area (Å²) in [5, 5.41) is 0. The third kappa shape index (κ3) is 12.8. The van der Waals surface area contributed by atoms with Gasteiger partial charge in [-0.25, -0.2) is 0 Å². The SMILES string of the molecule is CCCOCC[Si](CC)(OC)O[Si](CC)(CCOCCC)O[Si](CC)(CCOCCC)OC. The summed E-state index contributed by atoms with van der Waals surface area (Å²) in [6, 6.07) is 4.96. The quantitative estimate of drug-likeness (QED) is 0.113. The fourth-order valence-corrected chi connectivity index (χ4v) is 17.7. The van der Waals surface area contributed by atoms with Gasteiger partial charge >= 0.3 is 25.7 Å². The third-order valence-corrected chi connectivity index (χ3v) is 19.6. The second-order valence-corrected chi connectivity index (χ2v) is 20.0. The van der Waals surface area contributed by atoms with Crippen LogP contribution in [-0.4, -0.2) is 79.5 Å². The summed E-state index contributed by atoms with van der Waals surface area (Å²) in [6.07, 6.45) is 3.03. The van der Waals surface area contributed by atoms with Crippen LogP contribution in [0.5, 0.6) is 0 Å². The zero-order valence-corrected chi connectivity index (χ0v) is 26.0. The Morgan fingerprint density at radius 2 is 0.727 bits per heavy atom. The molecule has 33 heavy (non-hydrogen) atoms. The zero-order chi connectivity index (χ0) is 25.1. The largest absolute Gasteiger partial charge is 0.415 e. The van der Waals surface area contributed by atoms with Crippen molar-refractivity contribution in [3.63, 3.8) is 0 Å². The summed E-state index contributed by atoms with van der Waals surface area (Å²) in [5.41, 5.74) is 0. The van der Waals surface area contributed by atoms with Crippen LogP contribution in [0.4, 0.5) is 0 Å². The standard InChI is InChI=1S/C23H54O7Si3/c1-9-15-26-18-21-31(12-4,24-7)29-33(14-6,23-20-28-17-11-3)30-32(13-5,25-8)22-19-27-16-10-2/h9-23H2,1-8H3. The van der Waals surface area contributed by atoms with E-state index in [0.717, 1.165) is 75.3 Å². The average Bonchev–Trinajstić information content (AvgIpc) is 2.85. The van der Waals surface area contributed by atoms with Gasteiger partial charge in [-0.1, -0.05) is 41.5 Å². The summed E-state index contributed by atoms with van der Waals surface area (Å²) in [7, 11) is -4.09. The minimum absolute atomic E-state index is 0.641. The first-order valence-electron chi connectivity index (χ1n) is 13.1. The lowest BCUT2D eigenvalue weighted by atomic mass is 10.5. The van der Waals surface area contributed by atoms with Gasteiger partial charge in [-0.3, -0.25) is 0 Å². The van der Waals surface area contributed by atoms with E-state index >= 15 is 0 Å². The van der Waals surface area contributed by atoms with Gasteiger partial charge in [-0.15, -0.1) is 0 Å². The summed E-state index contributed by atoms with van der Waals surface area (Å²) in [6.45, 7) is 17.1. The first-order chi connectivity index (χ1) is 15.9. The molecule has 0 radical (unpaired) electrons. The number of ether oxygens (including phenoxy) is 3. The van der Waals surface area contributed by atoms with E-state index in [4.69, 9.17) is 31.3 Å². The van der Waals surface area contributed by atoms with Crippen molar-refractivity contribution in [1.82, 2.24) is 0 Å². The molecule has 0 amide bonds. The van der Waals surface area contributed by atoms with Gasteiger partial charge in [-0.05, 0) is 37.4 Å². The Balaban J connectivity index is 5.77. The molecular weight excluding hydrogens is 473 g/mol. The van der Waals surface area contributed by atoms with Crippen molar-refractivity contribution in [2.45, 2.75) is 97.1 Å². The molecule has 200 valence electrons. The molecule has 0 saturated heterocycles. The molecule has 0 aliphatic heterocycles. The summed E-state index contributed by atoms with van der Waals surface area (Å²) in [5.74, 6) is 0. The van der Waals surface area contributed by atoms with Crippen LogP contribution < -0.4 is 0 Å². The normalized spacial score (nSPS) is 17.5. The second-order valence-electron chi connectivity index (χ2n) is 8.49. The van der Waals surface area contributed by atoms with Crippen LogP contribution in [0.2, 0.25) is 36.3 Å². The van der Waals surface area contributed by atoms with Crippen LogP contribution in [0.15, 0.2) is 0 Å². The van der Waals surface area contributed by atoms with E-state index in [-0.39, 0.29) is 0 Å². The average molecular weight is 527 g/mol. The molecule has 0 aliphatic rings. The first-order valence-corrected chi connectivity index (χ1v) is 19.8. The highest BCUT2D eigenvalue weighted by atomic mass is 28.5. The van der Waals surface area contributed by atoms with E-state index in [1.54, 1.807) is 14.2 Å². The van der Waals surface area contributed by atoms with E-state index in [2.05, 4.69) is 41.5 Å². The predicted octanol–water partition coefficient (Wildman–Crippen LogP) is 5.98. The van der Waals surface area contributed by atoms with Gasteiger partial charge in [0.05, 0.1) is 0 Å². The van der Waals surface area contributed by atoms with Crippen molar-refractivity contribution in [2.75, 3.05) is 53.9 Å². The van der Waals surface area contributed by atoms with E-state index < -0.39 is 25.7 Å². The molecule has 0 aromatic heterocycles. The Morgan fingerprint density at radius 3 is 0.970 bits per heavy atom. The van der Waals surface area contributed by atoms with Crippen LogP contribution >= 0.6 is 0 Å². The fourth-order valence-electron chi connectivity index (χ4n) is 3.72. The zero-order valence-electron chi connectivity index (χ0n) is 23.0. The molecule has 0 aromatic rings. The third-order valence-electron chi connectivity index (χ3n) is 6.03. The summed E-state index contributed by atoms with van der Waals surface area (Å²) >= 11 is 0. The predicted molar refractivity (Wildman–Crippen MR) is 143 cm³/mol. The molecule has 0 aromatic carbocycles. The minimum Gasteiger partial charge on any atom is -0.415 e. The van der Waals surface area contributed by atoms with E-state index in [9.17, 15) is 0 Å². The van der Waals surface area contributed by atoms with Crippen molar-refractivity contribution in [3.05, 3.63) is 0 Å². The monoisotopic (exact) mass is 526 g/mol. The lowest BCUT2D eigenvalue weighted by Gasteiger charge is -2.44. The van der Waals surface area contributed by atoms with Gasteiger partial charge in [0.2, 0.25) is 0 Å². The summed E-state index contributed by atoms with van der Waals surface area (Å²) < 4.78 is 44.0. The van der Waals surface area contributed by atoms with Gasteiger partial charge in [-0.2, -0.15) is 0 Å². The van der Waals surface area contributed by atoms with Crippen LogP contribution in [0, 0.1) is 0 Å². The van der Waals surface area contributed by atoms with Crippen LogP contribution in [0.1, 0.15) is 60.8 Å². The van der Waals surface area contributed by atoms with Gasteiger partial charge in [0.15, 0.2) is 0 Å². The molecule has 0 heterocycles. The van der Waals surface area contributed by atoms with E-state index in [1.807, 2.05) is 0 Å². The summed E-state index contributed by atoms with van der Waals surface area (Å²) in [4.78, 5) is 0. The Bertz CT molecular complexity index is 420. The van der Waals surface area contributed by atoms with Crippen LogP contribution in [0.25, 0.3) is 0 Å². The van der Waals surface area contributed by atoms with Gasteiger partial charge in [0, 0.05) is 72.0 Å². The maximum absolute atomic E-state index is 7.11. The molecule has 10 heteroatoms. The molecule has 0 saturated carbocycles. The van der Waals surface area contributed by atoms with Crippen molar-refractivity contribution >= 4 is 25.7 Å². The van der Waals surface area contributed by atoms with Crippen LogP contribution in [0.3, 0.4) is 0 Å². The Labute approximate surface area is 207 Å². The van der Waals surface area contributed by atoms with Gasteiger partial charge in [0.25, 0.3) is 0 Å². The van der Waals surface area contributed by atoms with E-state index in [1.165, 1.54) is 0 Å². The first kappa shape index (κ1) is 33.4. The molecule has 0 N–H and O–H groups in total. The van der Waals surface area contributed by atoms with Gasteiger partial charge < -0.3 is 31.3 Å². The molecule has 0 bridgehead atoms. The number of hydrogen-bond donors (Lipinski definition) is 0. The maximum Gasteiger partial charge on any atom is 0.331 e. The molecule has 2 unspecified atom stereocenters. The highest BCUT2D eigenvalue weighted by Gasteiger charge is 2.51. The molecule has 0 fully saturated rings. The lowest BCUT2D eigenvalue weighted by molar-refractivity contribution is 0.127. The van der Waals surface area contributed by atoms with Gasteiger partial charge in [0.1, 0.15) is 0 Å². The maximum atomic E-state index is 7.11. The lowest BCUT2D eigenvalue weighted by Crippen LogP contribution is -2.61. The molecule has 7 nitrogen and oxygen atoms in total. The topological polar surface area (TPSA) is 64.6 Å². The highest BCUT2D eigenvalue weighted by molar-refractivity contribution is 6.87. The molecule has 0 spiro atoms. The van der Waals surface area contributed by atoms with Crippen molar-refractivity contribution in [3.8, 4) is 0 Å². The second kappa shape index (κ2) is 19.5. The Morgan fingerprint density at radius 1 is 0.424 bits per heavy atom. The molecule has 2 atom stereocenters.